The van der Waals surface area contributed by atoms with Gasteiger partial charge in [0.15, 0.2) is 0 Å². The number of nitrogens with one attached hydrogen (secondary N) is 2. The quantitative estimate of drug-likeness (QED) is 0.175. The molecule has 0 atom stereocenters. The number of hydrogen-bond donors (Lipinski definition) is 4. The van der Waals surface area contributed by atoms with Crippen LogP contribution in [0.25, 0.3) is 0 Å². The average molecular weight is 611 g/mol. The Morgan fingerprint density at radius 2 is 1.07 bits per heavy atom. The third-order valence-corrected chi connectivity index (χ3v) is 8.01. The van der Waals surface area contributed by atoms with Crippen LogP contribution < -0.4 is 20.9 Å². The molecule has 3 aromatic carbocycles. The molecule has 0 bridgehead atoms. The molecule has 0 saturated carbocycles. The molecule has 0 unspecified atom stereocenters. The van der Waals surface area contributed by atoms with Crippen molar-refractivity contribution in [3.8, 4) is 11.5 Å². The molecule has 0 aliphatic rings. The van der Waals surface area contributed by atoms with Gasteiger partial charge in [-0.15, -0.1) is 24.8 Å². The molecule has 0 fully saturated rings. The van der Waals surface area contributed by atoms with Gasteiger partial charge < -0.3 is 20.9 Å². The molecule has 12 heteroatoms. The minimum atomic E-state index is -3.80. The molecule has 0 amide bonds. The lowest BCUT2D eigenvalue weighted by Crippen LogP contribution is -2.37. The lowest BCUT2D eigenvalue weighted by Gasteiger charge is -2.24. The Kier molecular flexibility index (Phi) is 12.9. The van der Waals surface area contributed by atoms with Gasteiger partial charge in [0.25, 0.3) is 0 Å². The third-order valence-electron chi connectivity index (χ3n) is 6.10. The molecule has 3 rings (SSSR count). The first-order valence-corrected chi connectivity index (χ1v) is 13.6. The lowest BCUT2D eigenvalue weighted by molar-refractivity contribution is 0.235. The van der Waals surface area contributed by atoms with Crippen LogP contribution in [0.4, 0.5) is 0 Å². The van der Waals surface area contributed by atoms with E-state index in [1.807, 2.05) is 27.7 Å². The molecule has 0 aliphatic carbocycles. The summed E-state index contributed by atoms with van der Waals surface area (Å²) in [4.78, 5) is 0.191. The highest BCUT2D eigenvalue weighted by molar-refractivity contribution is 7.89. The molecule has 218 valence electrons. The van der Waals surface area contributed by atoms with E-state index in [-0.39, 0.29) is 67.7 Å². The highest BCUT2D eigenvalue weighted by atomic mass is 35.5. The van der Waals surface area contributed by atoms with E-state index < -0.39 is 10.0 Å². The Balaban J connectivity index is 0.00000400. The van der Waals surface area contributed by atoms with Crippen molar-refractivity contribution in [1.82, 2.24) is 4.31 Å². The van der Waals surface area contributed by atoms with E-state index in [1.54, 1.807) is 54.6 Å². The van der Waals surface area contributed by atoms with E-state index in [0.29, 0.717) is 22.6 Å². The van der Waals surface area contributed by atoms with E-state index >= 15 is 0 Å². The maximum absolute atomic E-state index is 13.5. The summed E-state index contributed by atoms with van der Waals surface area (Å²) >= 11 is 0. The number of aryl methyl sites for hydroxylation is 4. The smallest absolute Gasteiger partial charge is 0.243 e. The zero-order chi connectivity index (χ0) is 28.0. The zero-order valence-corrected chi connectivity index (χ0v) is 25.4. The van der Waals surface area contributed by atoms with Gasteiger partial charge in [0.05, 0.1) is 4.90 Å². The number of ether oxygens (including phenoxy) is 2. The second-order valence-corrected chi connectivity index (χ2v) is 11.1. The highest BCUT2D eigenvalue weighted by Gasteiger charge is 2.25. The largest absolute Gasteiger partial charge is 0.492 e. The Morgan fingerprint density at radius 3 is 1.40 bits per heavy atom. The number of rotatable bonds is 12. The van der Waals surface area contributed by atoms with Crippen LogP contribution in [0.2, 0.25) is 0 Å². The second-order valence-electron chi connectivity index (χ2n) is 9.12. The van der Waals surface area contributed by atoms with Gasteiger partial charge in [-0.05, 0) is 86.3 Å². The van der Waals surface area contributed by atoms with Crippen LogP contribution in [0.5, 0.6) is 11.5 Å². The number of benzene rings is 3. The van der Waals surface area contributed by atoms with Crippen molar-refractivity contribution < 1.29 is 17.9 Å². The summed E-state index contributed by atoms with van der Waals surface area (Å²) in [6.45, 7) is 7.92. The molecular formula is C28H37Cl2N5O4S. The van der Waals surface area contributed by atoms with Crippen molar-refractivity contribution in [2.75, 3.05) is 26.3 Å². The molecule has 0 aliphatic heterocycles. The Morgan fingerprint density at radius 1 is 0.725 bits per heavy atom. The Labute approximate surface area is 248 Å². The molecule has 0 saturated heterocycles. The number of nitrogens with two attached hydrogens (primary N) is 2. The first-order chi connectivity index (χ1) is 17.9. The Bertz CT molecular complexity index is 1330. The van der Waals surface area contributed by atoms with E-state index in [0.717, 1.165) is 22.3 Å². The molecule has 9 nitrogen and oxygen atoms in total. The second kappa shape index (κ2) is 14.9. The number of nitrogens with zero attached hydrogens (tertiary/aromatic N) is 1. The van der Waals surface area contributed by atoms with Gasteiger partial charge in [-0.2, -0.15) is 4.31 Å². The Hall–Kier alpha value is -3.31. The van der Waals surface area contributed by atoms with E-state index in [1.165, 1.54) is 4.31 Å². The van der Waals surface area contributed by atoms with Gasteiger partial charge in [0.2, 0.25) is 10.0 Å². The number of amidine groups is 2. The van der Waals surface area contributed by atoms with Gasteiger partial charge in [-0.3, -0.25) is 10.8 Å². The highest BCUT2D eigenvalue weighted by Crippen LogP contribution is 2.26. The molecule has 0 aromatic heterocycles. The first kappa shape index (κ1) is 34.7. The van der Waals surface area contributed by atoms with Crippen LogP contribution >= 0.6 is 24.8 Å². The number of hydrogen-bond acceptors (Lipinski definition) is 6. The number of halogens is 2. The van der Waals surface area contributed by atoms with Crippen molar-refractivity contribution in [2.45, 2.75) is 32.6 Å². The van der Waals surface area contributed by atoms with Crippen molar-refractivity contribution in [3.63, 3.8) is 0 Å². The van der Waals surface area contributed by atoms with Crippen LogP contribution in [-0.2, 0) is 10.0 Å². The maximum atomic E-state index is 13.5. The van der Waals surface area contributed by atoms with E-state index in [2.05, 4.69) is 0 Å². The van der Waals surface area contributed by atoms with Crippen LogP contribution in [0.3, 0.4) is 0 Å². The van der Waals surface area contributed by atoms with Crippen molar-refractivity contribution in [2.24, 2.45) is 11.5 Å². The topological polar surface area (TPSA) is 156 Å². The summed E-state index contributed by atoms with van der Waals surface area (Å²) in [5.74, 6) is 1.23. The van der Waals surface area contributed by atoms with Gasteiger partial charge in [0.1, 0.15) is 36.4 Å². The van der Waals surface area contributed by atoms with Gasteiger partial charge in [0, 0.05) is 24.2 Å². The van der Waals surface area contributed by atoms with Crippen LogP contribution in [-0.4, -0.2) is 50.7 Å². The third kappa shape index (κ3) is 8.34. The fraction of sp³-hybridized carbons (Fsp3) is 0.286. The van der Waals surface area contributed by atoms with Gasteiger partial charge >= 0.3 is 0 Å². The van der Waals surface area contributed by atoms with Gasteiger partial charge in [-0.25, -0.2) is 8.42 Å². The normalized spacial score (nSPS) is 10.8. The zero-order valence-electron chi connectivity index (χ0n) is 23.0. The van der Waals surface area contributed by atoms with Crippen molar-refractivity contribution in [1.29, 1.82) is 10.8 Å². The fourth-order valence-electron chi connectivity index (χ4n) is 4.26. The monoisotopic (exact) mass is 609 g/mol. The van der Waals surface area contributed by atoms with Gasteiger partial charge in [-0.1, -0.05) is 18.2 Å². The summed E-state index contributed by atoms with van der Waals surface area (Å²) in [6.07, 6.45) is 0. The summed E-state index contributed by atoms with van der Waals surface area (Å²) < 4.78 is 40.3. The summed E-state index contributed by atoms with van der Waals surface area (Å²) in [5, 5.41) is 15.3. The summed E-state index contributed by atoms with van der Waals surface area (Å²) in [6, 6.07) is 15.4. The molecule has 0 spiro atoms. The first-order valence-electron chi connectivity index (χ1n) is 12.1. The predicted molar refractivity (Wildman–Crippen MR) is 165 cm³/mol. The molecule has 6 N–H and O–H groups in total. The van der Waals surface area contributed by atoms with Crippen molar-refractivity contribution >= 4 is 46.5 Å². The lowest BCUT2D eigenvalue weighted by atomic mass is 10.1. The average Bonchev–Trinajstić information content (AvgIpc) is 2.86. The minimum absolute atomic E-state index is 0. The number of sulfonamides is 1. The number of nitrogen functional groups attached to an aromatic ring is 2. The molecule has 40 heavy (non-hydrogen) atoms. The molecule has 0 heterocycles. The predicted octanol–water partition coefficient (Wildman–Crippen LogP) is 4.48. The van der Waals surface area contributed by atoms with Crippen molar-refractivity contribution in [3.05, 3.63) is 88.0 Å². The summed E-state index contributed by atoms with van der Waals surface area (Å²) in [7, 11) is -3.80. The maximum Gasteiger partial charge on any atom is 0.243 e. The van der Waals surface area contributed by atoms with Crippen LogP contribution in [0.15, 0.2) is 59.5 Å². The van der Waals surface area contributed by atoms with Crippen LogP contribution in [0, 0.1) is 38.5 Å². The van der Waals surface area contributed by atoms with Crippen LogP contribution in [0.1, 0.15) is 33.4 Å². The minimum Gasteiger partial charge on any atom is -0.492 e. The standard InChI is InChI=1S/C28H35N5O4S.2ClH/c1-18-14-22(27(29)30)15-19(2)25(18)36-12-10-33(38(34,35)24-8-6-5-7-9-24)11-13-37-26-20(3)16-23(28(31)32)17-21(26)4;;/h5-9,14-17H,10-13H2,1-4H3,(H3,29,30)(H3,31,32);2*1H. The fourth-order valence-corrected chi connectivity index (χ4v) is 5.69. The molecular weight excluding hydrogens is 573 g/mol. The molecule has 3 aromatic rings. The summed E-state index contributed by atoms with van der Waals surface area (Å²) in [5.41, 5.74) is 15.7. The van der Waals surface area contributed by atoms with E-state index in [9.17, 15) is 8.42 Å². The SMILES string of the molecule is Cc1cc(C(=N)N)cc(C)c1OCCN(CCOc1c(C)cc(C(=N)N)cc1C)S(=O)(=O)c1ccccc1.Cl.Cl. The van der Waals surface area contributed by atoms with E-state index in [4.69, 9.17) is 31.8 Å². The molecule has 0 radical (unpaired) electrons.